The molecule has 0 saturated carbocycles. The van der Waals surface area contributed by atoms with Gasteiger partial charge in [-0.15, -0.1) is 11.3 Å². The summed E-state index contributed by atoms with van der Waals surface area (Å²) in [6.07, 6.45) is 0. The maximum absolute atomic E-state index is 11.6. The van der Waals surface area contributed by atoms with Crippen molar-refractivity contribution in [3.8, 4) is 0 Å². The zero-order valence-corrected chi connectivity index (χ0v) is 9.23. The molecule has 1 amide bonds. The maximum Gasteiger partial charge on any atom is 0.227 e. The molecule has 0 saturated heterocycles. The average molecular weight is 213 g/mol. The minimum absolute atomic E-state index is 0.0343. The average Bonchev–Trinajstić information content (AvgIpc) is 2.66. The van der Waals surface area contributed by atoms with Crippen LogP contribution in [0.3, 0.4) is 0 Å². The summed E-state index contributed by atoms with van der Waals surface area (Å²) in [4.78, 5) is 15.6. The number of aromatic nitrogens is 1. The highest BCUT2D eigenvalue weighted by Crippen LogP contribution is 2.12. The second-order valence-electron chi connectivity index (χ2n) is 3.75. The van der Waals surface area contributed by atoms with Crippen LogP contribution in [0.25, 0.3) is 0 Å². The molecule has 1 heterocycles. The molecule has 0 bridgehead atoms. The van der Waals surface area contributed by atoms with E-state index in [0.717, 1.165) is 5.69 Å². The predicted molar refractivity (Wildman–Crippen MR) is 56.8 cm³/mol. The Hall–Kier alpha value is -0.940. The quantitative estimate of drug-likeness (QED) is 0.775. The fourth-order valence-electron chi connectivity index (χ4n) is 0.828. The summed E-state index contributed by atoms with van der Waals surface area (Å²) in [5.41, 5.74) is 7.61. The van der Waals surface area contributed by atoms with Gasteiger partial charge in [0.2, 0.25) is 5.91 Å². The van der Waals surface area contributed by atoms with E-state index in [1.807, 2.05) is 19.2 Å². The van der Waals surface area contributed by atoms with Crippen LogP contribution in [-0.4, -0.2) is 17.4 Å². The smallest absolute Gasteiger partial charge is 0.227 e. The number of carbonyl (C=O) groups is 1. The van der Waals surface area contributed by atoms with Gasteiger partial charge in [0.15, 0.2) is 0 Å². The zero-order valence-electron chi connectivity index (χ0n) is 8.41. The summed E-state index contributed by atoms with van der Waals surface area (Å²) in [5.74, 6) is -0.0343. The van der Waals surface area contributed by atoms with E-state index in [9.17, 15) is 4.79 Å². The molecule has 0 fully saturated rings. The third-order valence-corrected chi connectivity index (χ3v) is 2.67. The Morgan fingerprint density at radius 1 is 1.71 bits per heavy atom. The van der Waals surface area contributed by atoms with E-state index in [2.05, 4.69) is 10.3 Å². The Kier molecular flexibility index (Phi) is 3.60. The minimum Gasteiger partial charge on any atom is -0.350 e. The Morgan fingerprint density at radius 2 is 2.43 bits per heavy atom. The number of nitrogens with zero attached hydrogens (tertiary/aromatic N) is 1. The molecule has 3 N–H and O–H groups in total. The van der Waals surface area contributed by atoms with Crippen molar-refractivity contribution in [1.82, 2.24) is 10.3 Å². The van der Waals surface area contributed by atoms with Gasteiger partial charge in [-0.3, -0.25) is 4.79 Å². The number of thiazole rings is 1. The van der Waals surface area contributed by atoms with Gasteiger partial charge in [-0.05, 0) is 13.8 Å². The van der Waals surface area contributed by atoms with Crippen LogP contribution in [0.1, 0.15) is 19.5 Å². The molecular formula is C9H15N3OS. The lowest BCUT2D eigenvalue weighted by atomic mass is 9.93. The van der Waals surface area contributed by atoms with E-state index >= 15 is 0 Å². The van der Waals surface area contributed by atoms with Crippen molar-refractivity contribution in [3.63, 3.8) is 0 Å². The molecule has 1 rings (SSSR count). The van der Waals surface area contributed by atoms with Crippen molar-refractivity contribution in [2.24, 2.45) is 11.1 Å². The number of carbonyl (C=O) groups excluding carboxylic acids is 1. The van der Waals surface area contributed by atoms with Crippen LogP contribution in [-0.2, 0) is 11.3 Å². The first-order valence-corrected chi connectivity index (χ1v) is 5.36. The molecule has 0 spiro atoms. The van der Waals surface area contributed by atoms with Gasteiger partial charge in [-0.2, -0.15) is 0 Å². The van der Waals surface area contributed by atoms with Crippen molar-refractivity contribution in [1.29, 1.82) is 0 Å². The van der Waals surface area contributed by atoms with Crippen LogP contribution in [0.5, 0.6) is 0 Å². The van der Waals surface area contributed by atoms with Crippen LogP contribution in [0.15, 0.2) is 10.9 Å². The second-order valence-corrected chi connectivity index (χ2v) is 4.47. The van der Waals surface area contributed by atoms with Crippen LogP contribution >= 0.6 is 11.3 Å². The lowest BCUT2D eigenvalue weighted by Gasteiger charge is -2.20. The van der Waals surface area contributed by atoms with E-state index in [-0.39, 0.29) is 5.91 Å². The summed E-state index contributed by atoms with van der Waals surface area (Å²) in [5, 5.41) is 4.71. The Labute approximate surface area is 87.5 Å². The van der Waals surface area contributed by atoms with E-state index < -0.39 is 5.41 Å². The van der Waals surface area contributed by atoms with Crippen molar-refractivity contribution >= 4 is 17.2 Å². The molecule has 0 unspecified atom stereocenters. The van der Waals surface area contributed by atoms with Crippen molar-refractivity contribution < 1.29 is 4.79 Å². The molecule has 4 nitrogen and oxygen atoms in total. The van der Waals surface area contributed by atoms with E-state index in [0.29, 0.717) is 13.1 Å². The summed E-state index contributed by atoms with van der Waals surface area (Å²) in [6.45, 7) is 4.47. The Bertz CT molecular complexity index is 295. The lowest BCUT2D eigenvalue weighted by molar-refractivity contribution is -0.129. The molecule has 1 aromatic heterocycles. The highest BCUT2D eigenvalue weighted by atomic mass is 32.1. The maximum atomic E-state index is 11.6. The molecule has 0 aliphatic rings. The number of amides is 1. The third-order valence-electron chi connectivity index (χ3n) is 2.04. The Balaban J connectivity index is 2.43. The van der Waals surface area contributed by atoms with Gasteiger partial charge >= 0.3 is 0 Å². The lowest BCUT2D eigenvalue weighted by Crippen LogP contribution is -2.41. The molecule has 14 heavy (non-hydrogen) atoms. The summed E-state index contributed by atoms with van der Waals surface area (Å²) in [7, 11) is 0. The number of nitrogens with two attached hydrogens (primary N) is 1. The van der Waals surface area contributed by atoms with Crippen molar-refractivity contribution in [2.75, 3.05) is 6.54 Å². The SMILES string of the molecule is CC(C)(CN)C(=O)NCc1cscn1. The van der Waals surface area contributed by atoms with Crippen molar-refractivity contribution in [2.45, 2.75) is 20.4 Å². The van der Waals surface area contributed by atoms with Gasteiger partial charge in [-0.25, -0.2) is 4.98 Å². The molecule has 1 aromatic rings. The molecule has 0 aliphatic carbocycles. The number of hydrogen-bond donors (Lipinski definition) is 2. The monoisotopic (exact) mass is 213 g/mol. The van der Waals surface area contributed by atoms with E-state index in [1.54, 1.807) is 5.51 Å². The Morgan fingerprint density at radius 3 is 2.93 bits per heavy atom. The van der Waals surface area contributed by atoms with Gasteiger partial charge in [0, 0.05) is 11.9 Å². The zero-order chi connectivity index (χ0) is 10.6. The van der Waals surface area contributed by atoms with Crippen LogP contribution in [0, 0.1) is 5.41 Å². The van der Waals surface area contributed by atoms with Crippen LogP contribution in [0.2, 0.25) is 0 Å². The second kappa shape index (κ2) is 4.52. The van der Waals surface area contributed by atoms with Gasteiger partial charge < -0.3 is 11.1 Å². The van der Waals surface area contributed by atoms with Gasteiger partial charge in [0.1, 0.15) is 0 Å². The van der Waals surface area contributed by atoms with Gasteiger partial charge in [0.25, 0.3) is 0 Å². The minimum atomic E-state index is -0.504. The van der Waals surface area contributed by atoms with Gasteiger partial charge in [0.05, 0.1) is 23.2 Å². The molecular weight excluding hydrogens is 198 g/mol. The fraction of sp³-hybridized carbons (Fsp3) is 0.556. The van der Waals surface area contributed by atoms with E-state index in [1.165, 1.54) is 11.3 Å². The standard InChI is InChI=1S/C9H15N3OS/c1-9(2,5-10)8(13)11-3-7-4-14-6-12-7/h4,6H,3,5,10H2,1-2H3,(H,11,13). The molecule has 5 heteroatoms. The molecule has 78 valence electrons. The third kappa shape index (κ3) is 2.78. The molecule has 0 radical (unpaired) electrons. The molecule has 0 atom stereocenters. The first-order chi connectivity index (χ1) is 6.56. The highest BCUT2D eigenvalue weighted by molar-refractivity contribution is 7.07. The van der Waals surface area contributed by atoms with Crippen LogP contribution in [0.4, 0.5) is 0 Å². The summed E-state index contributed by atoms with van der Waals surface area (Å²) in [6, 6.07) is 0. The summed E-state index contributed by atoms with van der Waals surface area (Å²) < 4.78 is 0. The first kappa shape index (κ1) is 11.1. The van der Waals surface area contributed by atoms with Crippen LogP contribution < -0.4 is 11.1 Å². The number of hydrogen-bond acceptors (Lipinski definition) is 4. The number of nitrogens with one attached hydrogen (secondary N) is 1. The largest absolute Gasteiger partial charge is 0.350 e. The molecule has 0 aliphatic heterocycles. The van der Waals surface area contributed by atoms with Crippen molar-refractivity contribution in [3.05, 3.63) is 16.6 Å². The fourth-order valence-corrected chi connectivity index (χ4v) is 1.39. The highest BCUT2D eigenvalue weighted by Gasteiger charge is 2.25. The summed E-state index contributed by atoms with van der Waals surface area (Å²) >= 11 is 1.52. The van der Waals surface area contributed by atoms with Gasteiger partial charge in [-0.1, -0.05) is 0 Å². The normalized spacial score (nSPS) is 11.4. The predicted octanol–water partition coefficient (Wildman–Crippen LogP) is 0.744. The topological polar surface area (TPSA) is 68.0 Å². The molecule has 0 aromatic carbocycles. The first-order valence-electron chi connectivity index (χ1n) is 4.41. The van der Waals surface area contributed by atoms with E-state index in [4.69, 9.17) is 5.73 Å². The number of rotatable bonds is 4.